The van der Waals surface area contributed by atoms with Crippen molar-refractivity contribution in [2.45, 2.75) is 13.5 Å². The van der Waals surface area contributed by atoms with Gasteiger partial charge in [0, 0.05) is 22.6 Å². The largest absolute Gasteiger partial charge is 0.492 e. The molecule has 0 saturated heterocycles. The van der Waals surface area contributed by atoms with Gasteiger partial charge >= 0.3 is 0 Å². The number of benzene rings is 2. The molecule has 0 aliphatic rings. The van der Waals surface area contributed by atoms with E-state index in [1.165, 1.54) is 5.56 Å². The van der Waals surface area contributed by atoms with Gasteiger partial charge in [0.15, 0.2) is 0 Å². The Bertz CT molecular complexity index is 574. The van der Waals surface area contributed by atoms with Crippen LogP contribution in [0.3, 0.4) is 0 Å². The van der Waals surface area contributed by atoms with E-state index in [0.29, 0.717) is 6.61 Å². The molecule has 0 spiro atoms. The second-order valence-electron chi connectivity index (χ2n) is 4.58. The van der Waals surface area contributed by atoms with Crippen LogP contribution in [0.15, 0.2) is 46.9 Å². The van der Waals surface area contributed by atoms with E-state index >= 15 is 0 Å². The molecule has 0 heterocycles. The SMILES string of the molecule is Cc1cccc(OCCNCc2cc(Br)ccc2Cl)c1. The number of rotatable bonds is 6. The molecule has 0 aromatic heterocycles. The molecule has 0 aliphatic carbocycles. The van der Waals surface area contributed by atoms with Crippen molar-refractivity contribution in [1.29, 1.82) is 0 Å². The first-order valence-corrected chi connectivity index (χ1v) is 7.66. The molecule has 0 bridgehead atoms. The highest BCUT2D eigenvalue weighted by atomic mass is 79.9. The van der Waals surface area contributed by atoms with Crippen molar-refractivity contribution in [3.63, 3.8) is 0 Å². The molecule has 4 heteroatoms. The van der Waals surface area contributed by atoms with E-state index in [0.717, 1.165) is 33.9 Å². The normalized spacial score (nSPS) is 10.6. The predicted molar refractivity (Wildman–Crippen MR) is 87.5 cm³/mol. The zero-order chi connectivity index (χ0) is 14.4. The summed E-state index contributed by atoms with van der Waals surface area (Å²) in [7, 11) is 0. The van der Waals surface area contributed by atoms with E-state index in [2.05, 4.69) is 34.2 Å². The van der Waals surface area contributed by atoms with Crippen LogP contribution in [0.2, 0.25) is 5.02 Å². The second-order valence-corrected chi connectivity index (χ2v) is 5.90. The van der Waals surface area contributed by atoms with Crippen molar-refractivity contribution >= 4 is 27.5 Å². The molecule has 1 N–H and O–H groups in total. The molecule has 2 aromatic carbocycles. The lowest BCUT2D eigenvalue weighted by Gasteiger charge is -2.09. The average Bonchev–Trinajstić information content (AvgIpc) is 2.42. The first-order valence-electron chi connectivity index (χ1n) is 6.49. The van der Waals surface area contributed by atoms with Crippen LogP contribution in [-0.4, -0.2) is 13.2 Å². The summed E-state index contributed by atoms with van der Waals surface area (Å²) in [5.74, 6) is 0.910. The molecule has 106 valence electrons. The highest BCUT2D eigenvalue weighted by molar-refractivity contribution is 9.10. The van der Waals surface area contributed by atoms with E-state index in [9.17, 15) is 0 Å². The van der Waals surface area contributed by atoms with Crippen LogP contribution < -0.4 is 10.1 Å². The summed E-state index contributed by atoms with van der Waals surface area (Å²) in [5, 5.41) is 4.10. The molecule has 0 amide bonds. The Labute approximate surface area is 133 Å². The van der Waals surface area contributed by atoms with E-state index in [1.807, 2.05) is 36.4 Å². The lowest BCUT2D eigenvalue weighted by atomic mass is 10.2. The highest BCUT2D eigenvalue weighted by Crippen LogP contribution is 2.20. The Morgan fingerprint density at radius 2 is 2.05 bits per heavy atom. The van der Waals surface area contributed by atoms with Crippen molar-refractivity contribution in [2.75, 3.05) is 13.2 Å². The van der Waals surface area contributed by atoms with Gasteiger partial charge < -0.3 is 10.1 Å². The zero-order valence-corrected chi connectivity index (χ0v) is 13.7. The van der Waals surface area contributed by atoms with Crippen molar-refractivity contribution in [3.8, 4) is 5.75 Å². The van der Waals surface area contributed by atoms with E-state index in [1.54, 1.807) is 0 Å². The van der Waals surface area contributed by atoms with Gasteiger partial charge in [-0.05, 0) is 48.4 Å². The zero-order valence-electron chi connectivity index (χ0n) is 11.3. The molecule has 20 heavy (non-hydrogen) atoms. The summed E-state index contributed by atoms with van der Waals surface area (Å²) in [4.78, 5) is 0. The van der Waals surface area contributed by atoms with Crippen molar-refractivity contribution in [1.82, 2.24) is 5.32 Å². The molecule has 0 atom stereocenters. The van der Waals surface area contributed by atoms with Gasteiger partial charge in [0.05, 0.1) is 0 Å². The van der Waals surface area contributed by atoms with Gasteiger partial charge in [0.1, 0.15) is 12.4 Å². The van der Waals surface area contributed by atoms with Crippen LogP contribution >= 0.6 is 27.5 Å². The average molecular weight is 355 g/mol. The third kappa shape index (κ3) is 4.82. The summed E-state index contributed by atoms with van der Waals surface area (Å²) in [6, 6.07) is 13.9. The summed E-state index contributed by atoms with van der Waals surface area (Å²) in [6.45, 7) is 4.20. The molecule has 0 fully saturated rings. The van der Waals surface area contributed by atoms with Crippen LogP contribution in [0.25, 0.3) is 0 Å². The smallest absolute Gasteiger partial charge is 0.119 e. The summed E-state index contributed by atoms with van der Waals surface area (Å²) in [5.41, 5.74) is 2.29. The van der Waals surface area contributed by atoms with Gasteiger partial charge in [-0.3, -0.25) is 0 Å². The summed E-state index contributed by atoms with van der Waals surface area (Å²) >= 11 is 9.58. The molecular formula is C16H17BrClNO. The molecule has 2 aromatic rings. The van der Waals surface area contributed by atoms with Gasteiger partial charge in [-0.25, -0.2) is 0 Å². The van der Waals surface area contributed by atoms with Crippen LogP contribution in [0.5, 0.6) is 5.75 Å². The second kappa shape index (κ2) is 7.67. The van der Waals surface area contributed by atoms with E-state index in [-0.39, 0.29) is 0 Å². The maximum atomic E-state index is 6.13. The first-order chi connectivity index (χ1) is 9.65. The van der Waals surface area contributed by atoms with Gasteiger partial charge in [-0.15, -0.1) is 0 Å². The quantitative estimate of drug-likeness (QED) is 0.767. The Morgan fingerprint density at radius 3 is 2.85 bits per heavy atom. The molecule has 0 radical (unpaired) electrons. The third-order valence-electron chi connectivity index (χ3n) is 2.86. The molecule has 0 aliphatic heterocycles. The predicted octanol–water partition coefficient (Wildman–Crippen LogP) is 4.58. The molecule has 0 unspecified atom stereocenters. The third-order valence-corrected chi connectivity index (χ3v) is 3.72. The maximum absolute atomic E-state index is 6.13. The Morgan fingerprint density at radius 1 is 1.20 bits per heavy atom. The number of ether oxygens (including phenoxy) is 1. The monoisotopic (exact) mass is 353 g/mol. The van der Waals surface area contributed by atoms with Crippen LogP contribution in [0.1, 0.15) is 11.1 Å². The lowest BCUT2D eigenvalue weighted by Crippen LogP contribution is -2.20. The van der Waals surface area contributed by atoms with Gasteiger partial charge in [-0.2, -0.15) is 0 Å². The number of hydrogen-bond donors (Lipinski definition) is 1. The van der Waals surface area contributed by atoms with Crippen molar-refractivity contribution < 1.29 is 4.74 Å². The molecule has 2 rings (SSSR count). The van der Waals surface area contributed by atoms with Gasteiger partial charge in [-0.1, -0.05) is 39.7 Å². The fraction of sp³-hybridized carbons (Fsp3) is 0.250. The van der Waals surface area contributed by atoms with E-state index in [4.69, 9.17) is 16.3 Å². The minimum absolute atomic E-state index is 0.634. The van der Waals surface area contributed by atoms with Crippen LogP contribution in [0.4, 0.5) is 0 Å². The Kier molecular flexibility index (Phi) is 5.89. The fourth-order valence-corrected chi connectivity index (χ4v) is 2.44. The van der Waals surface area contributed by atoms with Crippen molar-refractivity contribution in [3.05, 3.63) is 63.1 Å². The van der Waals surface area contributed by atoms with E-state index < -0.39 is 0 Å². The number of nitrogens with one attached hydrogen (secondary N) is 1. The minimum atomic E-state index is 0.634. The standard InChI is InChI=1S/C16H17BrClNO/c1-12-3-2-4-15(9-12)20-8-7-19-11-13-10-14(17)5-6-16(13)18/h2-6,9-10,19H,7-8,11H2,1H3. The van der Waals surface area contributed by atoms with Gasteiger partial charge in [0.25, 0.3) is 0 Å². The first kappa shape index (κ1) is 15.4. The number of aryl methyl sites for hydroxylation is 1. The highest BCUT2D eigenvalue weighted by Gasteiger charge is 2.00. The van der Waals surface area contributed by atoms with Crippen LogP contribution in [-0.2, 0) is 6.54 Å². The lowest BCUT2D eigenvalue weighted by molar-refractivity contribution is 0.313. The maximum Gasteiger partial charge on any atom is 0.119 e. The molecule has 2 nitrogen and oxygen atoms in total. The van der Waals surface area contributed by atoms with Crippen molar-refractivity contribution in [2.24, 2.45) is 0 Å². The van der Waals surface area contributed by atoms with Crippen LogP contribution in [0, 0.1) is 6.92 Å². The Balaban J connectivity index is 1.73. The molecule has 0 saturated carbocycles. The number of hydrogen-bond acceptors (Lipinski definition) is 2. The summed E-state index contributed by atoms with van der Waals surface area (Å²) in [6.07, 6.45) is 0. The number of halogens is 2. The minimum Gasteiger partial charge on any atom is -0.492 e. The Hall–Kier alpha value is -1.03. The topological polar surface area (TPSA) is 21.3 Å². The fourth-order valence-electron chi connectivity index (χ4n) is 1.85. The molecular weight excluding hydrogens is 338 g/mol. The van der Waals surface area contributed by atoms with Gasteiger partial charge in [0.2, 0.25) is 0 Å². The summed E-state index contributed by atoms with van der Waals surface area (Å²) < 4.78 is 6.71.